The molecule has 0 bridgehead atoms. The number of amides is 1. The van der Waals surface area contributed by atoms with Crippen LogP contribution in [-0.4, -0.2) is 11.1 Å². The van der Waals surface area contributed by atoms with E-state index in [1.807, 2.05) is 42.5 Å². The highest BCUT2D eigenvalue weighted by molar-refractivity contribution is 9.10. The molecule has 0 aliphatic carbocycles. The highest BCUT2D eigenvalue weighted by Gasteiger charge is 2.36. The second-order valence-electron chi connectivity index (χ2n) is 4.27. The molecular formula is C14H11BrN2O2. The third-order valence-corrected chi connectivity index (χ3v) is 3.48. The number of alkyl carbamates (subject to hydrolysis) is 1. The molecule has 96 valence electrons. The smallest absolute Gasteiger partial charge is 0.408 e. The molecular weight excluding hydrogens is 308 g/mol. The largest absolute Gasteiger partial charge is 0.439 e. The summed E-state index contributed by atoms with van der Waals surface area (Å²) >= 11 is 3.34. The topological polar surface area (TPSA) is 51.2 Å². The van der Waals surface area contributed by atoms with E-state index in [0.717, 1.165) is 15.7 Å². The first kappa shape index (κ1) is 12.2. The number of cyclic esters (lactones) is 1. The van der Waals surface area contributed by atoms with Gasteiger partial charge in [0.2, 0.25) is 0 Å². The van der Waals surface area contributed by atoms with E-state index in [4.69, 9.17) is 4.74 Å². The lowest BCUT2D eigenvalue weighted by atomic mass is 9.97. The number of hydrogen-bond acceptors (Lipinski definition) is 3. The predicted molar refractivity (Wildman–Crippen MR) is 73.5 cm³/mol. The van der Waals surface area contributed by atoms with Crippen LogP contribution in [0.2, 0.25) is 0 Å². The Kier molecular flexibility index (Phi) is 3.21. The summed E-state index contributed by atoms with van der Waals surface area (Å²) in [4.78, 5) is 15.6. The maximum absolute atomic E-state index is 11.5. The van der Waals surface area contributed by atoms with Crippen LogP contribution in [0.3, 0.4) is 0 Å². The van der Waals surface area contributed by atoms with Crippen LogP contribution in [0.25, 0.3) is 0 Å². The molecule has 1 saturated heterocycles. The van der Waals surface area contributed by atoms with Crippen LogP contribution in [0.15, 0.2) is 53.3 Å². The van der Waals surface area contributed by atoms with Gasteiger partial charge in [0, 0.05) is 6.20 Å². The maximum atomic E-state index is 11.5. The number of rotatable bonds is 2. The van der Waals surface area contributed by atoms with Crippen molar-refractivity contribution < 1.29 is 9.53 Å². The normalized spacial score (nSPS) is 21.8. The number of pyridine rings is 1. The molecule has 1 amide bonds. The Morgan fingerprint density at radius 2 is 1.95 bits per heavy atom. The van der Waals surface area contributed by atoms with Crippen LogP contribution in [0.1, 0.15) is 23.3 Å². The molecule has 0 spiro atoms. The highest BCUT2D eigenvalue weighted by atomic mass is 79.9. The molecule has 1 fully saturated rings. The van der Waals surface area contributed by atoms with Crippen LogP contribution in [0.4, 0.5) is 4.79 Å². The standard InChI is InChI=1S/C14H11BrN2O2/c15-11-8-10(6-7-16-11)12-13(19-14(18)17-12)9-4-2-1-3-5-9/h1-8,12-13H,(H,17,18)/t12-,13-/m1/s1. The van der Waals surface area contributed by atoms with Crippen LogP contribution in [0.5, 0.6) is 0 Å². The van der Waals surface area contributed by atoms with Crippen LogP contribution in [0, 0.1) is 0 Å². The molecule has 1 aliphatic heterocycles. The second-order valence-corrected chi connectivity index (χ2v) is 5.08. The first-order valence-corrected chi connectivity index (χ1v) is 6.67. The first-order valence-electron chi connectivity index (χ1n) is 5.87. The number of halogens is 1. The van der Waals surface area contributed by atoms with Crippen molar-refractivity contribution in [3.05, 3.63) is 64.4 Å². The summed E-state index contributed by atoms with van der Waals surface area (Å²) in [6.45, 7) is 0. The van der Waals surface area contributed by atoms with Gasteiger partial charge in [-0.15, -0.1) is 0 Å². The van der Waals surface area contributed by atoms with Crippen molar-refractivity contribution in [1.82, 2.24) is 10.3 Å². The lowest BCUT2D eigenvalue weighted by Gasteiger charge is -2.17. The number of carbonyl (C=O) groups excluding carboxylic acids is 1. The molecule has 0 unspecified atom stereocenters. The molecule has 1 aromatic heterocycles. The third-order valence-electron chi connectivity index (χ3n) is 3.05. The Labute approximate surface area is 118 Å². The van der Waals surface area contributed by atoms with Gasteiger partial charge in [-0.3, -0.25) is 0 Å². The lowest BCUT2D eigenvalue weighted by Crippen LogP contribution is -2.19. The molecule has 19 heavy (non-hydrogen) atoms. The van der Waals surface area contributed by atoms with Crippen molar-refractivity contribution in [3.8, 4) is 0 Å². The van der Waals surface area contributed by atoms with Crippen molar-refractivity contribution in [2.75, 3.05) is 0 Å². The predicted octanol–water partition coefficient (Wildman–Crippen LogP) is 3.37. The van der Waals surface area contributed by atoms with Gasteiger partial charge in [0.25, 0.3) is 0 Å². The number of ether oxygens (including phenoxy) is 1. The van der Waals surface area contributed by atoms with Gasteiger partial charge in [-0.25, -0.2) is 9.78 Å². The average molecular weight is 319 g/mol. The molecule has 5 heteroatoms. The molecule has 0 saturated carbocycles. The summed E-state index contributed by atoms with van der Waals surface area (Å²) in [7, 11) is 0. The monoisotopic (exact) mass is 318 g/mol. The van der Waals surface area contributed by atoms with Crippen molar-refractivity contribution >= 4 is 22.0 Å². The molecule has 4 nitrogen and oxygen atoms in total. The zero-order chi connectivity index (χ0) is 13.2. The van der Waals surface area contributed by atoms with Gasteiger partial charge in [-0.2, -0.15) is 0 Å². The van der Waals surface area contributed by atoms with Gasteiger partial charge < -0.3 is 10.1 Å². The van der Waals surface area contributed by atoms with E-state index in [1.165, 1.54) is 0 Å². The zero-order valence-electron chi connectivity index (χ0n) is 9.92. The summed E-state index contributed by atoms with van der Waals surface area (Å²) in [5.41, 5.74) is 1.93. The van der Waals surface area contributed by atoms with Gasteiger partial charge in [-0.1, -0.05) is 30.3 Å². The van der Waals surface area contributed by atoms with Gasteiger partial charge in [0.1, 0.15) is 4.60 Å². The number of aromatic nitrogens is 1. The summed E-state index contributed by atoms with van der Waals surface area (Å²) < 4.78 is 6.10. The SMILES string of the molecule is O=C1N[C@H](c2ccnc(Br)c2)[C@@H](c2ccccc2)O1. The Morgan fingerprint density at radius 3 is 2.68 bits per heavy atom. The highest BCUT2D eigenvalue weighted by Crippen LogP contribution is 2.36. The minimum atomic E-state index is -0.396. The molecule has 1 N–H and O–H groups in total. The number of nitrogens with zero attached hydrogens (tertiary/aromatic N) is 1. The Morgan fingerprint density at radius 1 is 1.16 bits per heavy atom. The first-order chi connectivity index (χ1) is 9.24. The molecule has 3 rings (SSSR count). The second kappa shape index (κ2) is 5.01. The number of carbonyl (C=O) groups is 1. The summed E-state index contributed by atoms with van der Waals surface area (Å²) in [6, 6.07) is 13.3. The van der Waals surface area contributed by atoms with Gasteiger partial charge >= 0.3 is 6.09 Å². The van der Waals surface area contributed by atoms with Crippen LogP contribution >= 0.6 is 15.9 Å². The van der Waals surface area contributed by atoms with Crippen molar-refractivity contribution in [1.29, 1.82) is 0 Å². The van der Waals surface area contributed by atoms with Crippen LogP contribution < -0.4 is 5.32 Å². The molecule has 1 aliphatic rings. The van der Waals surface area contributed by atoms with E-state index < -0.39 is 6.09 Å². The van der Waals surface area contributed by atoms with E-state index in [0.29, 0.717) is 0 Å². The number of nitrogens with one attached hydrogen (secondary N) is 1. The molecule has 2 aromatic rings. The Balaban J connectivity index is 1.97. The van der Waals surface area contributed by atoms with Gasteiger partial charge in [0.15, 0.2) is 6.10 Å². The summed E-state index contributed by atoms with van der Waals surface area (Å²) in [5.74, 6) is 0. The van der Waals surface area contributed by atoms with E-state index in [2.05, 4.69) is 26.2 Å². The Bertz CT molecular complexity index is 603. The molecule has 0 radical (unpaired) electrons. The van der Waals surface area contributed by atoms with Crippen molar-refractivity contribution in [2.45, 2.75) is 12.1 Å². The third kappa shape index (κ3) is 2.46. The number of benzene rings is 1. The molecule has 2 heterocycles. The zero-order valence-corrected chi connectivity index (χ0v) is 11.5. The summed E-state index contributed by atoms with van der Waals surface area (Å²) in [6.07, 6.45) is 0.987. The van der Waals surface area contributed by atoms with Gasteiger partial charge in [-0.05, 0) is 39.2 Å². The quantitative estimate of drug-likeness (QED) is 0.864. The fraction of sp³-hybridized carbons (Fsp3) is 0.143. The fourth-order valence-corrected chi connectivity index (χ4v) is 2.57. The van der Waals surface area contributed by atoms with Crippen molar-refractivity contribution in [2.24, 2.45) is 0 Å². The maximum Gasteiger partial charge on any atom is 0.408 e. The Hall–Kier alpha value is -1.88. The van der Waals surface area contributed by atoms with Gasteiger partial charge in [0.05, 0.1) is 6.04 Å². The average Bonchev–Trinajstić information content (AvgIpc) is 2.82. The van der Waals surface area contributed by atoms with E-state index in [9.17, 15) is 4.79 Å². The lowest BCUT2D eigenvalue weighted by molar-refractivity contribution is 0.132. The minimum absolute atomic E-state index is 0.200. The van der Waals surface area contributed by atoms with E-state index in [-0.39, 0.29) is 12.1 Å². The molecule has 2 atom stereocenters. The van der Waals surface area contributed by atoms with E-state index >= 15 is 0 Å². The minimum Gasteiger partial charge on any atom is -0.439 e. The van der Waals surface area contributed by atoms with E-state index in [1.54, 1.807) is 6.20 Å². The summed E-state index contributed by atoms with van der Waals surface area (Å²) in [5, 5.41) is 2.84. The van der Waals surface area contributed by atoms with Crippen molar-refractivity contribution in [3.63, 3.8) is 0 Å². The number of hydrogen-bond donors (Lipinski definition) is 1. The fourth-order valence-electron chi connectivity index (χ4n) is 2.19. The van der Waals surface area contributed by atoms with Crippen LogP contribution in [-0.2, 0) is 4.74 Å². The molecule has 1 aromatic carbocycles.